The molecule has 2 aliphatic rings. The summed E-state index contributed by atoms with van der Waals surface area (Å²) < 4.78 is 22.1. The maximum Gasteiger partial charge on any atom is 0.231 e. The number of ether oxygens (including phenoxy) is 4. The van der Waals surface area contributed by atoms with Crippen molar-refractivity contribution in [2.24, 2.45) is 5.16 Å². The lowest BCUT2D eigenvalue weighted by molar-refractivity contribution is 0.0853. The Morgan fingerprint density at radius 2 is 1.93 bits per heavy atom. The first kappa shape index (κ1) is 20.6. The van der Waals surface area contributed by atoms with Crippen LogP contribution in [-0.2, 0) is 17.7 Å². The van der Waals surface area contributed by atoms with E-state index in [-0.39, 0.29) is 12.9 Å². The third-order valence-electron chi connectivity index (χ3n) is 5.13. The Labute approximate surface area is 180 Å². The van der Waals surface area contributed by atoms with Gasteiger partial charge in [0.25, 0.3) is 0 Å². The molecule has 2 aromatic carbocycles. The summed E-state index contributed by atoms with van der Waals surface area (Å²) in [5, 5.41) is 8.43. The second-order valence-electron chi connectivity index (χ2n) is 7.18. The summed E-state index contributed by atoms with van der Waals surface area (Å²) in [5.74, 6) is 2.42. The molecule has 0 radical (unpaired) electrons. The first-order valence-corrected chi connectivity index (χ1v) is 10.3. The fourth-order valence-corrected chi connectivity index (χ4v) is 3.79. The van der Waals surface area contributed by atoms with Crippen molar-refractivity contribution in [2.75, 3.05) is 34.1 Å². The highest BCUT2D eigenvalue weighted by atomic mass is 35.5. The Bertz CT molecular complexity index is 917. The van der Waals surface area contributed by atoms with Gasteiger partial charge in [0.05, 0.1) is 19.9 Å². The van der Waals surface area contributed by atoms with Crippen LogP contribution in [0.5, 0.6) is 23.0 Å². The van der Waals surface area contributed by atoms with E-state index in [9.17, 15) is 0 Å². The zero-order chi connectivity index (χ0) is 20.9. The van der Waals surface area contributed by atoms with Crippen molar-refractivity contribution < 1.29 is 23.8 Å². The molecule has 0 bridgehead atoms. The van der Waals surface area contributed by atoms with E-state index in [1.807, 2.05) is 30.3 Å². The summed E-state index contributed by atoms with van der Waals surface area (Å²) in [7, 11) is 3.21. The average Bonchev–Trinajstić information content (AvgIpc) is 3.40. The zero-order valence-corrected chi connectivity index (χ0v) is 17.8. The van der Waals surface area contributed by atoms with Crippen LogP contribution in [0.4, 0.5) is 0 Å². The van der Waals surface area contributed by atoms with Crippen LogP contribution in [0, 0.1) is 0 Å². The molecule has 30 heavy (non-hydrogen) atoms. The first-order chi connectivity index (χ1) is 14.7. The van der Waals surface area contributed by atoms with Gasteiger partial charge in [0, 0.05) is 30.0 Å². The summed E-state index contributed by atoms with van der Waals surface area (Å²) >= 11 is 5.92. The summed E-state index contributed by atoms with van der Waals surface area (Å²) in [6, 6.07) is 9.84. The quantitative estimate of drug-likeness (QED) is 0.610. The van der Waals surface area contributed by atoms with Crippen molar-refractivity contribution in [1.29, 1.82) is 0 Å². The number of hydrogen-bond donors (Lipinski definition) is 1. The van der Waals surface area contributed by atoms with Gasteiger partial charge in [-0.25, -0.2) is 0 Å². The third-order valence-corrected chi connectivity index (χ3v) is 5.39. The van der Waals surface area contributed by atoms with Crippen molar-refractivity contribution >= 4 is 17.3 Å². The lowest BCUT2D eigenvalue weighted by Gasteiger charge is -2.16. The Morgan fingerprint density at radius 1 is 1.13 bits per heavy atom. The third kappa shape index (κ3) is 4.57. The molecule has 2 heterocycles. The van der Waals surface area contributed by atoms with E-state index in [2.05, 4.69) is 10.5 Å². The fourth-order valence-electron chi connectivity index (χ4n) is 3.67. The highest BCUT2D eigenvalue weighted by molar-refractivity contribution is 6.30. The number of nitrogens with zero attached hydrogens (tertiary/aromatic N) is 1. The number of benzene rings is 2. The molecule has 0 aliphatic carbocycles. The molecule has 4 rings (SSSR count). The first-order valence-electron chi connectivity index (χ1n) is 9.88. The van der Waals surface area contributed by atoms with Gasteiger partial charge in [-0.1, -0.05) is 28.9 Å². The van der Waals surface area contributed by atoms with Gasteiger partial charge >= 0.3 is 0 Å². The van der Waals surface area contributed by atoms with Crippen molar-refractivity contribution in [3.63, 3.8) is 0 Å². The number of rotatable bonds is 9. The van der Waals surface area contributed by atoms with Crippen molar-refractivity contribution in [3.8, 4) is 23.0 Å². The maximum absolute atomic E-state index is 5.92. The van der Waals surface area contributed by atoms with Crippen molar-refractivity contribution in [1.82, 2.24) is 5.32 Å². The highest BCUT2D eigenvalue weighted by Gasteiger charge is 2.29. The Hall–Kier alpha value is -2.64. The molecule has 0 unspecified atom stereocenters. The molecule has 2 aliphatic heterocycles. The van der Waals surface area contributed by atoms with E-state index in [4.69, 9.17) is 35.4 Å². The molecular weight excluding hydrogens is 408 g/mol. The monoisotopic (exact) mass is 432 g/mol. The molecule has 0 aromatic heterocycles. The van der Waals surface area contributed by atoms with Crippen LogP contribution in [0.1, 0.15) is 17.5 Å². The van der Waals surface area contributed by atoms with Crippen LogP contribution in [0.25, 0.3) is 0 Å². The van der Waals surface area contributed by atoms with Crippen LogP contribution < -0.4 is 24.3 Å². The molecule has 8 heteroatoms. The number of methoxy groups -OCH3 is 2. The number of halogens is 1. The second-order valence-corrected chi connectivity index (χ2v) is 7.62. The molecule has 2 aromatic rings. The Morgan fingerprint density at radius 3 is 2.70 bits per heavy atom. The van der Waals surface area contributed by atoms with Gasteiger partial charge in [-0.2, -0.15) is 0 Å². The van der Waals surface area contributed by atoms with Crippen LogP contribution in [0.15, 0.2) is 35.5 Å². The normalized spacial score (nSPS) is 16.9. The van der Waals surface area contributed by atoms with Gasteiger partial charge < -0.3 is 29.1 Å². The summed E-state index contributed by atoms with van der Waals surface area (Å²) in [6.45, 7) is 1.73. The van der Waals surface area contributed by atoms with Crippen molar-refractivity contribution in [3.05, 3.63) is 46.5 Å². The maximum atomic E-state index is 5.92. The lowest BCUT2D eigenvalue weighted by Crippen LogP contribution is -2.25. The van der Waals surface area contributed by atoms with Crippen molar-refractivity contribution in [2.45, 2.75) is 25.4 Å². The van der Waals surface area contributed by atoms with Crippen LogP contribution >= 0.6 is 11.6 Å². The number of nitrogens with one attached hydrogen (secondary N) is 1. The van der Waals surface area contributed by atoms with Gasteiger partial charge in [0.15, 0.2) is 11.5 Å². The van der Waals surface area contributed by atoms with E-state index in [1.165, 1.54) is 5.56 Å². The minimum absolute atomic E-state index is 0.0583. The molecule has 0 spiro atoms. The summed E-state index contributed by atoms with van der Waals surface area (Å²) in [6.07, 6.45) is 2.27. The molecule has 0 saturated carbocycles. The average molecular weight is 433 g/mol. The highest BCUT2D eigenvalue weighted by Crippen LogP contribution is 2.49. The zero-order valence-electron chi connectivity index (χ0n) is 17.1. The van der Waals surface area contributed by atoms with E-state index < -0.39 is 0 Å². The minimum Gasteiger partial charge on any atom is -0.492 e. The molecule has 0 fully saturated rings. The van der Waals surface area contributed by atoms with Crippen LogP contribution in [-0.4, -0.2) is 45.9 Å². The van der Waals surface area contributed by atoms with Crippen LogP contribution in [0.3, 0.4) is 0 Å². The molecule has 1 N–H and O–H groups in total. The number of fused-ring (bicyclic) bond motifs is 1. The lowest BCUT2D eigenvalue weighted by atomic mass is 10.0. The van der Waals surface area contributed by atoms with Gasteiger partial charge in [0.1, 0.15) is 6.10 Å². The van der Waals surface area contributed by atoms with Crippen LogP contribution in [0.2, 0.25) is 5.02 Å². The Balaban J connectivity index is 1.29. The van der Waals surface area contributed by atoms with E-state index in [0.29, 0.717) is 36.0 Å². The largest absolute Gasteiger partial charge is 0.492 e. The molecule has 1 atom stereocenters. The topological polar surface area (TPSA) is 70.5 Å². The van der Waals surface area contributed by atoms with E-state index in [0.717, 1.165) is 35.7 Å². The number of hydrogen-bond acceptors (Lipinski definition) is 7. The molecule has 160 valence electrons. The standard InChI is InChI=1S/C22H25ClN2O5/c1-26-20-15(10-19-21(22(20)27-2)29-13-28-19)9-18-11-17(25-30-18)12-24-8-7-14-3-5-16(23)6-4-14/h3-6,10,18,24H,7-9,11-13H2,1-2H3/t18-/m0/s1. The molecular formula is C22H25ClN2O5. The van der Waals surface area contributed by atoms with E-state index >= 15 is 0 Å². The SMILES string of the molecule is COc1c(C[C@H]2CC(CNCCc3ccc(Cl)cc3)=NO2)cc2c(c1OC)OCO2. The predicted molar refractivity (Wildman–Crippen MR) is 114 cm³/mol. The summed E-state index contributed by atoms with van der Waals surface area (Å²) in [5.41, 5.74) is 3.19. The molecule has 0 amide bonds. The molecule has 7 nitrogen and oxygen atoms in total. The second kappa shape index (κ2) is 9.45. The smallest absolute Gasteiger partial charge is 0.231 e. The van der Waals surface area contributed by atoms with E-state index in [1.54, 1.807) is 14.2 Å². The predicted octanol–water partition coefficient (Wildman–Crippen LogP) is 3.61. The minimum atomic E-state index is -0.0583. The number of oxime groups is 1. The molecule has 0 saturated heterocycles. The Kier molecular flexibility index (Phi) is 6.50. The van der Waals surface area contributed by atoms with Gasteiger partial charge in [0.2, 0.25) is 18.3 Å². The van der Waals surface area contributed by atoms with Gasteiger partial charge in [-0.05, 0) is 36.7 Å². The fraction of sp³-hybridized carbons (Fsp3) is 0.409. The summed E-state index contributed by atoms with van der Waals surface area (Å²) in [4.78, 5) is 5.66. The van der Waals surface area contributed by atoms with Gasteiger partial charge in [-0.3, -0.25) is 0 Å². The van der Waals surface area contributed by atoms with Gasteiger partial charge in [-0.15, -0.1) is 0 Å².